The van der Waals surface area contributed by atoms with Gasteiger partial charge in [0.1, 0.15) is 5.75 Å². The Bertz CT molecular complexity index is 714. The van der Waals surface area contributed by atoms with Crippen LogP contribution in [0.4, 0.5) is 0 Å². The van der Waals surface area contributed by atoms with E-state index in [0.29, 0.717) is 36.5 Å². The van der Waals surface area contributed by atoms with Gasteiger partial charge in [-0.1, -0.05) is 25.5 Å². The van der Waals surface area contributed by atoms with Gasteiger partial charge in [-0.25, -0.2) is 9.59 Å². The van der Waals surface area contributed by atoms with Gasteiger partial charge in [0.2, 0.25) is 0 Å². The lowest BCUT2D eigenvalue weighted by atomic mass is 9.80. The molecule has 1 saturated carbocycles. The Hall–Kier alpha value is -2.56. The maximum Gasteiger partial charge on any atom is 0.338 e. The first-order valence-electron chi connectivity index (χ1n) is 11.3. The summed E-state index contributed by atoms with van der Waals surface area (Å²) in [5, 5.41) is 0. The number of allylic oxidation sites excluding steroid dienone is 1. The van der Waals surface area contributed by atoms with Gasteiger partial charge in [0.05, 0.1) is 25.4 Å². The van der Waals surface area contributed by atoms with Crippen LogP contribution in [0.1, 0.15) is 68.6 Å². The van der Waals surface area contributed by atoms with Gasteiger partial charge in [-0.2, -0.15) is 0 Å². The molecule has 0 aromatic heterocycles. The smallest absolute Gasteiger partial charge is 0.338 e. The zero-order chi connectivity index (χ0) is 22.5. The minimum absolute atomic E-state index is 0.289. The molecular formula is C26H36O5. The summed E-state index contributed by atoms with van der Waals surface area (Å²) in [6.07, 6.45) is 10.7. The number of rotatable bonds is 13. The van der Waals surface area contributed by atoms with Crippen LogP contribution in [0.25, 0.3) is 0 Å². The van der Waals surface area contributed by atoms with Crippen molar-refractivity contribution in [2.24, 2.45) is 11.8 Å². The molecule has 0 spiro atoms. The van der Waals surface area contributed by atoms with E-state index in [0.717, 1.165) is 24.7 Å². The van der Waals surface area contributed by atoms with Crippen molar-refractivity contribution in [3.63, 3.8) is 0 Å². The molecule has 1 fully saturated rings. The summed E-state index contributed by atoms with van der Waals surface area (Å²) >= 11 is 0. The highest BCUT2D eigenvalue weighted by Crippen LogP contribution is 2.32. The van der Waals surface area contributed by atoms with Crippen molar-refractivity contribution in [1.29, 1.82) is 0 Å². The van der Waals surface area contributed by atoms with E-state index in [4.69, 9.17) is 14.2 Å². The normalized spacial score (nSPS) is 18.1. The van der Waals surface area contributed by atoms with Crippen LogP contribution in [0.3, 0.4) is 0 Å². The quantitative estimate of drug-likeness (QED) is 0.170. The van der Waals surface area contributed by atoms with Crippen LogP contribution >= 0.6 is 0 Å². The first kappa shape index (κ1) is 24.7. The third-order valence-corrected chi connectivity index (χ3v) is 5.67. The highest BCUT2D eigenvalue weighted by molar-refractivity contribution is 5.89. The average molecular weight is 429 g/mol. The number of hydrogen-bond donors (Lipinski definition) is 0. The minimum atomic E-state index is -0.393. The molecule has 170 valence electrons. The van der Waals surface area contributed by atoms with E-state index in [1.165, 1.54) is 32.1 Å². The number of ether oxygens (including phenoxy) is 3. The Morgan fingerprint density at radius 3 is 2.23 bits per heavy atom. The molecule has 0 aliphatic heterocycles. The second-order valence-electron chi connectivity index (χ2n) is 8.35. The van der Waals surface area contributed by atoms with Crippen molar-refractivity contribution in [2.45, 2.75) is 58.3 Å². The van der Waals surface area contributed by atoms with Crippen LogP contribution in [0, 0.1) is 11.8 Å². The number of benzene rings is 1. The molecule has 1 aliphatic carbocycles. The van der Waals surface area contributed by atoms with Crippen molar-refractivity contribution >= 4 is 11.9 Å². The van der Waals surface area contributed by atoms with E-state index in [9.17, 15) is 9.59 Å². The van der Waals surface area contributed by atoms with Crippen molar-refractivity contribution in [3.05, 3.63) is 54.6 Å². The fourth-order valence-electron chi connectivity index (χ4n) is 3.68. The van der Waals surface area contributed by atoms with Gasteiger partial charge in [0.25, 0.3) is 0 Å². The van der Waals surface area contributed by atoms with E-state index in [1.807, 2.05) is 18.2 Å². The zero-order valence-corrected chi connectivity index (χ0v) is 18.8. The van der Waals surface area contributed by atoms with Crippen LogP contribution in [-0.2, 0) is 14.3 Å². The summed E-state index contributed by atoms with van der Waals surface area (Å²) in [6, 6.07) is 7.11. The van der Waals surface area contributed by atoms with Crippen LogP contribution in [0.2, 0.25) is 0 Å². The molecule has 0 heterocycles. The van der Waals surface area contributed by atoms with Gasteiger partial charge in [0, 0.05) is 5.57 Å². The van der Waals surface area contributed by atoms with Crippen molar-refractivity contribution in [2.75, 3.05) is 19.8 Å². The Labute approximate surface area is 186 Å². The molecule has 0 radical (unpaired) electrons. The maximum atomic E-state index is 12.1. The third kappa shape index (κ3) is 9.41. The third-order valence-electron chi connectivity index (χ3n) is 5.67. The van der Waals surface area contributed by atoms with Crippen LogP contribution in [-0.4, -0.2) is 31.8 Å². The van der Waals surface area contributed by atoms with E-state index in [2.05, 4.69) is 13.2 Å². The summed E-state index contributed by atoms with van der Waals surface area (Å²) in [7, 11) is 0. The maximum absolute atomic E-state index is 12.1. The molecule has 0 N–H and O–H groups in total. The van der Waals surface area contributed by atoms with Gasteiger partial charge in [0.15, 0.2) is 0 Å². The predicted octanol–water partition coefficient (Wildman–Crippen LogP) is 5.89. The molecule has 5 nitrogen and oxygen atoms in total. The summed E-state index contributed by atoms with van der Waals surface area (Å²) in [6.45, 7) is 10.3. The molecule has 1 aromatic rings. The van der Waals surface area contributed by atoms with Crippen molar-refractivity contribution in [3.8, 4) is 5.75 Å². The summed E-state index contributed by atoms with van der Waals surface area (Å²) in [5.74, 6) is 1.48. The molecule has 1 aliphatic rings. The fraction of sp³-hybridized carbons (Fsp3) is 0.538. The molecule has 0 unspecified atom stereocenters. The molecule has 0 amide bonds. The molecule has 5 heteroatoms. The molecule has 31 heavy (non-hydrogen) atoms. The highest BCUT2D eigenvalue weighted by atomic mass is 16.5. The van der Waals surface area contributed by atoms with Gasteiger partial charge < -0.3 is 14.2 Å². The molecule has 1 aromatic carbocycles. The lowest BCUT2D eigenvalue weighted by molar-refractivity contribution is -0.139. The molecule has 0 saturated heterocycles. The van der Waals surface area contributed by atoms with Crippen molar-refractivity contribution < 1.29 is 23.8 Å². The molecule has 0 bridgehead atoms. The first-order chi connectivity index (χ1) is 15.0. The Kier molecular flexibility index (Phi) is 10.9. The largest absolute Gasteiger partial charge is 0.493 e. The Morgan fingerprint density at radius 1 is 1.00 bits per heavy atom. The monoisotopic (exact) mass is 428 g/mol. The van der Waals surface area contributed by atoms with E-state index in [-0.39, 0.29) is 12.6 Å². The second kappa shape index (κ2) is 13.7. The number of esters is 2. The van der Waals surface area contributed by atoms with E-state index in [1.54, 1.807) is 19.1 Å². The van der Waals surface area contributed by atoms with Crippen LogP contribution in [0.15, 0.2) is 49.1 Å². The lowest BCUT2D eigenvalue weighted by Crippen LogP contribution is -2.20. The van der Waals surface area contributed by atoms with Gasteiger partial charge in [-0.05, 0) is 81.5 Å². The SMILES string of the molecule is C=CCCC1CCC(COc2ccc(C(=O)OCCCCOC(=O)C(=C)C)cc2)CC1. The minimum Gasteiger partial charge on any atom is -0.493 e. The highest BCUT2D eigenvalue weighted by Gasteiger charge is 2.21. The van der Waals surface area contributed by atoms with Gasteiger partial charge >= 0.3 is 11.9 Å². The van der Waals surface area contributed by atoms with Gasteiger partial charge in [-0.15, -0.1) is 6.58 Å². The Morgan fingerprint density at radius 2 is 1.61 bits per heavy atom. The van der Waals surface area contributed by atoms with Crippen LogP contribution in [0.5, 0.6) is 5.75 Å². The number of carbonyl (C=O) groups is 2. The topological polar surface area (TPSA) is 61.8 Å². The first-order valence-corrected chi connectivity index (χ1v) is 11.3. The lowest BCUT2D eigenvalue weighted by Gasteiger charge is -2.28. The van der Waals surface area contributed by atoms with E-state index >= 15 is 0 Å². The van der Waals surface area contributed by atoms with Crippen molar-refractivity contribution in [1.82, 2.24) is 0 Å². The average Bonchev–Trinajstić information content (AvgIpc) is 2.79. The van der Waals surface area contributed by atoms with Gasteiger partial charge in [-0.3, -0.25) is 0 Å². The zero-order valence-electron chi connectivity index (χ0n) is 18.8. The van der Waals surface area contributed by atoms with E-state index < -0.39 is 5.97 Å². The fourth-order valence-corrected chi connectivity index (χ4v) is 3.68. The standard InChI is InChI=1S/C26H36O5/c1-4-5-8-21-9-11-22(12-10-21)19-31-24-15-13-23(14-16-24)26(28)30-18-7-6-17-29-25(27)20(2)3/h4,13-16,21-22H,1-2,5-12,17-19H2,3H3. The molecule has 2 rings (SSSR count). The molecular weight excluding hydrogens is 392 g/mol. The second-order valence-corrected chi connectivity index (χ2v) is 8.35. The number of hydrogen-bond acceptors (Lipinski definition) is 5. The summed E-state index contributed by atoms with van der Waals surface area (Å²) in [5.41, 5.74) is 0.884. The Balaban J connectivity index is 1.60. The number of carbonyl (C=O) groups excluding carboxylic acids is 2. The number of unbranched alkanes of at least 4 members (excludes halogenated alkanes) is 1. The molecule has 0 atom stereocenters. The predicted molar refractivity (Wildman–Crippen MR) is 122 cm³/mol. The summed E-state index contributed by atoms with van der Waals surface area (Å²) < 4.78 is 16.2. The van der Waals surface area contributed by atoms with Crippen LogP contribution < -0.4 is 4.74 Å². The summed E-state index contributed by atoms with van der Waals surface area (Å²) in [4.78, 5) is 23.4.